The van der Waals surface area contributed by atoms with Crippen LogP contribution in [0.5, 0.6) is 0 Å². The molecule has 0 aromatic heterocycles. The molecule has 0 saturated carbocycles. The van der Waals surface area contributed by atoms with Gasteiger partial charge in [0.2, 0.25) is 0 Å². The van der Waals surface area contributed by atoms with Gasteiger partial charge in [0.05, 0.1) is 0 Å². The van der Waals surface area contributed by atoms with Crippen LogP contribution in [0.15, 0.2) is 30.3 Å². The zero-order chi connectivity index (χ0) is 11.3. The summed E-state index contributed by atoms with van der Waals surface area (Å²) in [6, 6.07) is 9.79. The molecule has 0 bridgehead atoms. The van der Waals surface area contributed by atoms with Gasteiger partial charge in [-0.15, -0.1) is 0 Å². The van der Waals surface area contributed by atoms with Crippen molar-refractivity contribution in [1.82, 2.24) is 0 Å². The molecule has 0 aliphatic rings. The Morgan fingerprint density at radius 1 is 1.27 bits per heavy atom. The Morgan fingerprint density at radius 2 is 1.87 bits per heavy atom. The summed E-state index contributed by atoms with van der Waals surface area (Å²) in [5, 5.41) is 0. The summed E-state index contributed by atoms with van der Waals surface area (Å²) in [5.41, 5.74) is 0.488. The molecule has 0 N–H and O–H groups in total. The van der Waals surface area contributed by atoms with Gasteiger partial charge in [0, 0.05) is 6.42 Å². The van der Waals surface area contributed by atoms with Gasteiger partial charge in [-0.3, -0.25) is 4.79 Å². The average molecular weight is 206 g/mol. The van der Waals surface area contributed by atoms with Crippen LogP contribution in [-0.4, -0.2) is 5.97 Å². The highest BCUT2D eigenvalue weighted by Gasteiger charge is 2.24. The Morgan fingerprint density at radius 3 is 2.40 bits per heavy atom. The fourth-order valence-corrected chi connectivity index (χ4v) is 1.44. The topological polar surface area (TPSA) is 26.3 Å². The lowest BCUT2D eigenvalue weighted by Crippen LogP contribution is -2.25. The molecule has 82 valence electrons. The number of benzene rings is 1. The first-order valence-corrected chi connectivity index (χ1v) is 5.33. The highest BCUT2D eigenvalue weighted by Crippen LogP contribution is 2.24. The molecule has 1 rings (SSSR count). The van der Waals surface area contributed by atoms with E-state index >= 15 is 0 Å². The number of ether oxygens (including phenoxy) is 1. The first kappa shape index (κ1) is 11.8. The predicted octanol–water partition coefficient (Wildman–Crippen LogP) is 3.27. The molecule has 1 aromatic carbocycles. The van der Waals surface area contributed by atoms with Gasteiger partial charge in [0.25, 0.3) is 0 Å². The molecular formula is C13H18O2. The van der Waals surface area contributed by atoms with Gasteiger partial charge in [-0.05, 0) is 25.8 Å². The molecule has 0 aliphatic carbocycles. The Kier molecular flexibility index (Phi) is 3.89. The molecule has 0 aliphatic heterocycles. The van der Waals surface area contributed by atoms with Gasteiger partial charge >= 0.3 is 5.97 Å². The van der Waals surface area contributed by atoms with Crippen LogP contribution < -0.4 is 0 Å². The predicted molar refractivity (Wildman–Crippen MR) is 60.5 cm³/mol. The van der Waals surface area contributed by atoms with E-state index in [0.717, 1.165) is 12.0 Å². The van der Waals surface area contributed by atoms with Crippen molar-refractivity contribution in [2.75, 3.05) is 0 Å². The minimum absolute atomic E-state index is 0.133. The molecule has 0 heterocycles. The maximum atomic E-state index is 11.4. The zero-order valence-electron chi connectivity index (χ0n) is 9.62. The highest BCUT2D eigenvalue weighted by molar-refractivity contribution is 5.69. The van der Waals surface area contributed by atoms with Crippen molar-refractivity contribution in [3.05, 3.63) is 35.9 Å². The van der Waals surface area contributed by atoms with E-state index < -0.39 is 5.60 Å². The van der Waals surface area contributed by atoms with Crippen LogP contribution >= 0.6 is 0 Å². The van der Waals surface area contributed by atoms with E-state index in [1.165, 1.54) is 0 Å². The molecule has 0 amide bonds. The lowest BCUT2D eigenvalue weighted by molar-refractivity contribution is -0.157. The van der Waals surface area contributed by atoms with Crippen LogP contribution in [0.2, 0.25) is 0 Å². The molecule has 1 aromatic rings. The molecule has 0 radical (unpaired) electrons. The standard InChI is InChI=1S/C13H18O2/c1-4-8-12(14)15-13(2,3)11-9-6-5-7-10-11/h5-7,9-10H,4,8H2,1-3H3. The fourth-order valence-electron chi connectivity index (χ4n) is 1.44. The number of hydrogen-bond acceptors (Lipinski definition) is 2. The van der Waals surface area contributed by atoms with Crippen LogP contribution in [0.4, 0.5) is 0 Å². The monoisotopic (exact) mass is 206 g/mol. The first-order chi connectivity index (χ1) is 7.06. The third kappa shape index (κ3) is 3.39. The van der Waals surface area contributed by atoms with E-state index in [9.17, 15) is 4.79 Å². The lowest BCUT2D eigenvalue weighted by atomic mass is 9.98. The SMILES string of the molecule is CCCC(=O)OC(C)(C)c1ccccc1. The van der Waals surface area contributed by atoms with E-state index in [-0.39, 0.29) is 5.97 Å². The van der Waals surface area contributed by atoms with E-state index in [1.807, 2.05) is 51.1 Å². The lowest BCUT2D eigenvalue weighted by Gasteiger charge is -2.25. The summed E-state index contributed by atoms with van der Waals surface area (Å²) in [7, 11) is 0. The Bertz CT molecular complexity index is 315. The maximum absolute atomic E-state index is 11.4. The Labute approximate surface area is 91.3 Å². The Balaban J connectivity index is 2.71. The van der Waals surface area contributed by atoms with Gasteiger partial charge in [-0.1, -0.05) is 37.3 Å². The molecule has 0 saturated heterocycles. The molecule has 2 heteroatoms. The molecule has 15 heavy (non-hydrogen) atoms. The van der Waals surface area contributed by atoms with E-state index in [1.54, 1.807) is 0 Å². The first-order valence-electron chi connectivity index (χ1n) is 5.33. The van der Waals surface area contributed by atoms with Crippen molar-refractivity contribution in [2.24, 2.45) is 0 Å². The van der Waals surface area contributed by atoms with Crippen molar-refractivity contribution >= 4 is 5.97 Å². The number of carbonyl (C=O) groups excluding carboxylic acids is 1. The molecular weight excluding hydrogens is 188 g/mol. The van der Waals surface area contributed by atoms with E-state index in [4.69, 9.17) is 4.74 Å². The second kappa shape index (κ2) is 4.96. The zero-order valence-corrected chi connectivity index (χ0v) is 9.62. The minimum Gasteiger partial charge on any atom is -0.455 e. The average Bonchev–Trinajstić information content (AvgIpc) is 2.18. The van der Waals surface area contributed by atoms with Gasteiger partial charge in [0.1, 0.15) is 5.60 Å². The number of hydrogen-bond donors (Lipinski definition) is 0. The van der Waals surface area contributed by atoms with Gasteiger partial charge in [-0.25, -0.2) is 0 Å². The summed E-state index contributed by atoms with van der Waals surface area (Å²) >= 11 is 0. The number of esters is 1. The van der Waals surface area contributed by atoms with Gasteiger partial charge in [-0.2, -0.15) is 0 Å². The summed E-state index contributed by atoms with van der Waals surface area (Å²) in [6.07, 6.45) is 1.31. The largest absolute Gasteiger partial charge is 0.455 e. The second-order valence-electron chi connectivity index (χ2n) is 4.10. The number of rotatable bonds is 4. The smallest absolute Gasteiger partial charge is 0.306 e. The van der Waals surface area contributed by atoms with Crippen LogP contribution in [0.25, 0.3) is 0 Å². The van der Waals surface area contributed by atoms with Crippen LogP contribution in [0.3, 0.4) is 0 Å². The maximum Gasteiger partial charge on any atom is 0.306 e. The van der Waals surface area contributed by atoms with E-state index in [0.29, 0.717) is 6.42 Å². The molecule has 0 unspecified atom stereocenters. The summed E-state index contributed by atoms with van der Waals surface area (Å²) in [4.78, 5) is 11.4. The second-order valence-corrected chi connectivity index (χ2v) is 4.10. The summed E-state index contributed by atoms with van der Waals surface area (Å²) < 4.78 is 5.43. The third-order valence-corrected chi connectivity index (χ3v) is 2.29. The van der Waals surface area contributed by atoms with Crippen molar-refractivity contribution in [3.8, 4) is 0 Å². The normalized spacial score (nSPS) is 11.1. The van der Waals surface area contributed by atoms with Crippen LogP contribution in [-0.2, 0) is 15.1 Å². The van der Waals surface area contributed by atoms with Crippen LogP contribution in [0, 0.1) is 0 Å². The minimum atomic E-state index is -0.534. The van der Waals surface area contributed by atoms with Gasteiger partial charge in [0.15, 0.2) is 0 Å². The van der Waals surface area contributed by atoms with E-state index in [2.05, 4.69) is 0 Å². The molecule has 0 spiro atoms. The third-order valence-electron chi connectivity index (χ3n) is 2.29. The van der Waals surface area contributed by atoms with Gasteiger partial charge < -0.3 is 4.74 Å². The van der Waals surface area contributed by atoms with Crippen molar-refractivity contribution in [3.63, 3.8) is 0 Å². The molecule has 0 atom stereocenters. The number of carbonyl (C=O) groups is 1. The van der Waals surface area contributed by atoms with Crippen molar-refractivity contribution < 1.29 is 9.53 Å². The summed E-state index contributed by atoms with van der Waals surface area (Å²) in [5.74, 6) is -0.133. The Hall–Kier alpha value is -1.31. The van der Waals surface area contributed by atoms with Crippen molar-refractivity contribution in [2.45, 2.75) is 39.2 Å². The summed E-state index contributed by atoms with van der Waals surface area (Å²) in [6.45, 7) is 5.79. The quantitative estimate of drug-likeness (QED) is 0.707. The molecule has 0 fully saturated rings. The van der Waals surface area contributed by atoms with Crippen molar-refractivity contribution in [1.29, 1.82) is 0 Å². The fraction of sp³-hybridized carbons (Fsp3) is 0.462. The van der Waals surface area contributed by atoms with Crippen LogP contribution in [0.1, 0.15) is 39.2 Å². The molecule has 2 nitrogen and oxygen atoms in total. The highest BCUT2D eigenvalue weighted by atomic mass is 16.6.